The van der Waals surface area contributed by atoms with Crippen molar-refractivity contribution in [1.29, 1.82) is 5.26 Å². The number of fused-ring (bicyclic) bond motifs is 3. The molecular formula is C25H33N5O. The van der Waals surface area contributed by atoms with E-state index in [4.69, 9.17) is 9.72 Å². The molecule has 6 heteroatoms. The summed E-state index contributed by atoms with van der Waals surface area (Å²) in [6.45, 7) is 10.00. The lowest BCUT2D eigenvalue weighted by atomic mass is 9.99. The third kappa shape index (κ3) is 4.53. The Morgan fingerprint density at radius 3 is 2.74 bits per heavy atom. The van der Waals surface area contributed by atoms with E-state index in [1.807, 2.05) is 18.2 Å². The van der Waals surface area contributed by atoms with Crippen LogP contribution in [0.1, 0.15) is 49.3 Å². The van der Waals surface area contributed by atoms with Crippen molar-refractivity contribution < 1.29 is 4.74 Å². The Morgan fingerprint density at radius 2 is 1.97 bits per heavy atom. The maximum Gasteiger partial charge on any atom is 0.157 e. The van der Waals surface area contributed by atoms with Gasteiger partial charge >= 0.3 is 0 Å². The highest BCUT2D eigenvalue weighted by atomic mass is 16.5. The number of benzene rings is 1. The fourth-order valence-electron chi connectivity index (χ4n) is 4.56. The van der Waals surface area contributed by atoms with E-state index < -0.39 is 0 Å². The molecule has 2 aromatic heterocycles. The first kappa shape index (κ1) is 21.6. The van der Waals surface area contributed by atoms with Crippen LogP contribution in [-0.2, 0) is 11.2 Å². The zero-order chi connectivity index (χ0) is 21.6. The van der Waals surface area contributed by atoms with E-state index in [9.17, 15) is 5.26 Å². The number of aromatic nitrogens is 2. The van der Waals surface area contributed by atoms with Crippen LogP contribution in [0.25, 0.3) is 16.7 Å². The van der Waals surface area contributed by atoms with Gasteiger partial charge in [0.15, 0.2) is 5.65 Å². The number of rotatable bonds is 9. The molecule has 3 aromatic rings. The molecule has 0 spiro atoms. The highest BCUT2D eigenvalue weighted by Gasteiger charge is 2.20. The third-order valence-electron chi connectivity index (χ3n) is 6.31. The maximum atomic E-state index is 9.95. The van der Waals surface area contributed by atoms with Gasteiger partial charge in [0.25, 0.3) is 0 Å². The van der Waals surface area contributed by atoms with Crippen LogP contribution in [0.3, 0.4) is 0 Å². The average molecular weight is 420 g/mol. The Labute approximate surface area is 184 Å². The van der Waals surface area contributed by atoms with Crippen molar-refractivity contribution in [2.75, 3.05) is 44.7 Å². The van der Waals surface area contributed by atoms with Gasteiger partial charge in [0, 0.05) is 19.6 Å². The highest BCUT2D eigenvalue weighted by Crippen LogP contribution is 2.32. The summed E-state index contributed by atoms with van der Waals surface area (Å²) in [7, 11) is 0. The minimum absolute atomic E-state index is 0.696. The van der Waals surface area contributed by atoms with E-state index in [0.717, 1.165) is 86.7 Å². The standard InChI is InChI=1S/C25H33N5O/c1-3-4-5-9-20-19(2)21(18-26)25-28-22-10-6-7-11-23(22)30(25)24(20)27-12-8-13-29-14-16-31-17-15-29/h6-7,10-11,27H,3-5,8-9,12-17H2,1-2H3. The van der Waals surface area contributed by atoms with Gasteiger partial charge in [-0.3, -0.25) is 9.30 Å². The number of anilines is 1. The molecule has 0 radical (unpaired) electrons. The first-order chi connectivity index (χ1) is 15.2. The number of nitrogens with zero attached hydrogens (tertiary/aromatic N) is 4. The summed E-state index contributed by atoms with van der Waals surface area (Å²) < 4.78 is 7.64. The molecule has 0 saturated carbocycles. The highest BCUT2D eigenvalue weighted by molar-refractivity contribution is 5.86. The molecule has 0 atom stereocenters. The summed E-state index contributed by atoms with van der Waals surface area (Å²) in [5, 5.41) is 13.7. The smallest absolute Gasteiger partial charge is 0.157 e. The Morgan fingerprint density at radius 1 is 1.16 bits per heavy atom. The zero-order valence-corrected chi connectivity index (χ0v) is 18.8. The lowest BCUT2D eigenvalue weighted by Gasteiger charge is -2.26. The van der Waals surface area contributed by atoms with E-state index in [-0.39, 0.29) is 0 Å². The summed E-state index contributed by atoms with van der Waals surface area (Å²) in [4.78, 5) is 7.30. The van der Waals surface area contributed by atoms with Gasteiger partial charge in [0.2, 0.25) is 0 Å². The molecule has 0 aliphatic carbocycles. The van der Waals surface area contributed by atoms with Crippen molar-refractivity contribution in [2.24, 2.45) is 0 Å². The fraction of sp³-hybridized carbons (Fsp3) is 0.520. The monoisotopic (exact) mass is 419 g/mol. The first-order valence-corrected chi connectivity index (χ1v) is 11.6. The fourth-order valence-corrected chi connectivity index (χ4v) is 4.56. The molecule has 3 heterocycles. The second kappa shape index (κ2) is 10.1. The number of nitrogens with one attached hydrogen (secondary N) is 1. The van der Waals surface area contributed by atoms with Gasteiger partial charge in [0.1, 0.15) is 11.9 Å². The molecule has 1 N–H and O–H groups in total. The largest absolute Gasteiger partial charge is 0.379 e. The maximum absolute atomic E-state index is 9.95. The van der Waals surface area contributed by atoms with Gasteiger partial charge in [-0.2, -0.15) is 5.26 Å². The number of para-hydroxylation sites is 2. The second-order valence-electron chi connectivity index (χ2n) is 8.39. The van der Waals surface area contributed by atoms with Crippen LogP contribution < -0.4 is 5.32 Å². The van der Waals surface area contributed by atoms with E-state index in [1.165, 1.54) is 18.4 Å². The van der Waals surface area contributed by atoms with E-state index in [1.54, 1.807) is 0 Å². The normalized spacial score (nSPS) is 14.9. The summed E-state index contributed by atoms with van der Waals surface area (Å²) in [6.07, 6.45) is 5.55. The van der Waals surface area contributed by atoms with Crippen molar-refractivity contribution in [3.05, 3.63) is 41.0 Å². The minimum atomic E-state index is 0.696. The first-order valence-electron chi connectivity index (χ1n) is 11.6. The van der Waals surface area contributed by atoms with E-state index in [0.29, 0.717) is 5.56 Å². The molecule has 0 unspecified atom stereocenters. The number of imidazole rings is 1. The number of ether oxygens (including phenoxy) is 1. The molecule has 31 heavy (non-hydrogen) atoms. The van der Waals surface area contributed by atoms with Gasteiger partial charge in [-0.25, -0.2) is 4.98 Å². The lowest BCUT2D eigenvalue weighted by Crippen LogP contribution is -2.37. The molecule has 1 aromatic carbocycles. The van der Waals surface area contributed by atoms with Crippen molar-refractivity contribution >= 4 is 22.5 Å². The van der Waals surface area contributed by atoms with E-state index >= 15 is 0 Å². The number of morpholine rings is 1. The minimum Gasteiger partial charge on any atom is -0.379 e. The summed E-state index contributed by atoms with van der Waals surface area (Å²) in [5.74, 6) is 1.11. The summed E-state index contributed by atoms with van der Waals surface area (Å²) >= 11 is 0. The lowest BCUT2D eigenvalue weighted by molar-refractivity contribution is 0.0378. The third-order valence-corrected chi connectivity index (χ3v) is 6.31. The van der Waals surface area contributed by atoms with Crippen LogP contribution in [0.15, 0.2) is 24.3 Å². The van der Waals surface area contributed by atoms with Gasteiger partial charge in [-0.15, -0.1) is 0 Å². The average Bonchev–Trinajstić information content (AvgIpc) is 3.18. The molecule has 4 rings (SSSR count). The predicted molar refractivity (Wildman–Crippen MR) is 126 cm³/mol. The van der Waals surface area contributed by atoms with Crippen LogP contribution in [0.2, 0.25) is 0 Å². The number of nitriles is 1. The molecule has 1 aliphatic heterocycles. The van der Waals surface area contributed by atoms with Crippen LogP contribution in [-0.4, -0.2) is 53.7 Å². The van der Waals surface area contributed by atoms with Gasteiger partial charge in [-0.1, -0.05) is 31.9 Å². The van der Waals surface area contributed by atoms with Crippen LogP contribution >= 0.6 is 0 Å². The molecule has 1 aliphatic rings. The molecule has 1 saturated heterocycles. The molecular weight excluding hydrogens is 386 g/mol. The Hall–Kier alpha value is -2.62. The second-order valence-corrected chi connectivity index (χ2v) is 8.39. The molecule has 0 amide bonds. The molecule has 164 valence electrons. The van der Waals surface area contributed by atoms with Crippen molar-refractivity contribution in [3.8, 4) is 6.07 Å². The van der Waals surface area contributed by atoms with Gasteiger partial charge in [-0.05, 0) is 56.0 Å². The van der Waals surface area contributed by atoms with Crippen molar-refractivity contribution in [3.63, 3.8) is 0 Å². The van der Waals surface area contributed by atoms with Gasteiger partial charge in [0.05, 0.1) is 29.8 Å². The van der Waals surface area contributed by atoms with Crippen LogP contribution in [0.4, 0.5) is 5.82 Å². The Balaban J connectivity index is 1.69. The Kier molecular flexibility index (Phi) is 7.06. The van der Waals surface area contributed by atoms with Crippen molar-refractivity contribution in [1.82, 2.24) is 14.3 Å². The van der Waals surface area contributed by atoms with E-state index in [2.05, 4.69) is 40.6 Å². The van der Waals surface area contributed by atoms with Crippen LogP contribution in [0, 0.1) is 18.3 Å². The number of pyridine rings is 1. The Bertz CT molecular complexity index is 1080. The molecule has 1 fully saturated rings. The molecule has 0 bridgehead atoms. The van der Waals surface area contributed by atoms with Gasteiger partial charge < -0.3 is 10.1 Å². The SMILES string of the molecule is CCCCCc1c(C)c(C#N)c2nc3ccccc3n2c1NCCCN1CCOCC1. The number of hydrogen-bond donors (Lipinski definition) is 1. The topological polar surface area (TPSA) is 65.6 Å². The number of hydrogen-bond acceptors (Lipinski definition) is 5. The zero-order valence-electron chi connectivity index (χ0n) is 18.8. The van der Waals surface area contributed by atoms with Crippen molar-refractivity contribution in [2.45, 2.75) is 46.0 Å². The van der Waals surface area contributed by atoms with Crippen LogP contribution in [0.5, 0.6) is 0 Å². The summed E-state index contributed by atoms with van der Waals surface area (Å²) in [5.41, 5.74) is 5.77. The summed E-state index contributed by atoms with van der Waals surface area (Å²) in [6, 6.07) is 10.6. The molecule has 6 nitrogen and oxygen atoms in total. The quantitative estimate of drug-likeness (QED) is 0.516. The number of unbranched alkanes of at least 4 members (excludes halogenated alkanes) is 2. The predicted octanol–water partition coefficient (Wildman–Crippen LogP) is 4.53.